The summed E-state index contributed by atoms with van der Waals surface area (Å²) in [4.78, 5) is 0.279. The predicted molar refractivity (Wildman–Crippen MR) is 69.0 cm³/mol. The monoisotopic (exact) mass is 304 g/mol. The van der Waals surface area contributed by atoms with Gasteiger partial charge >= 0.3 is 0 Å². The lowest BCUT2D eigenvalue weighted by atomic mass is 10.1. The Morgan fingerprint density at radius 3 is 2.56 bits per heavy atom. The summed E-state index contributed by atoms with van der Waals surface area (Å²) in [5.74, 6) is 1.54. The Hall–Kier alpha value is -0.410. The normalized spacial score (nSPS) is 15.9. The molecular formula is C12H14BrClO2. The minimum absolute atomic E-state index is 0.279. The van der Waals surface area contributed by atoms with E-state index < -0.39 is 0 Å². The molecule has 0 radical (unpaired) electrons. The Bertz CT molecular complexity index is 382. The van der Waals surface area contributed by atoms with Crippen molar-refractivity contribution in [2.45, 2.75) is 24.6 Å². The van der Waals surface area contributed by atoms with E-state index in [0.717, 1.165) is 34.9 Å². The van der Waals surface area contributed by atoms with Gasteiger partial charge in [0.05, 0.1) is 0 Å². The van der Waals surface area contributed by atoms with Crippen LogP contribution in [0.4, 0.5) is 0 Å². The fraction of sp³-hybridized carbons (Fsp3) is 0.500. The molecule has 1 atom stereocenters. The molecule has 16 heavy (non-hydrogen) atoms. The highest BCUT2D eigenvalue weighted by Gasteiger charge is 2.18. The van der Waals surface area contributed by atoms with Crippen molar-refractivity contribution in [3.05, 3.63) is 22.7 Å². The fourth-order valence-corrected chi connectivity index (χ4v) is 2.98. The number of hydrogen-bond donors (Lipinski definition) is 0. The van der Waals surface area contributed by atoms with Crippen LogP contribution in [0.25, 0.3) is 0 Å². The van der Waals surface area contributed by atoms with Crippen LogP contribution in [0.15, 0.2) is 12.1 Å². The first-order valence-electron chi connectivity index (χ1n) is 5.45. The highest BCUT2D eigenvalue weighted by molar-refractivity contribution is 9.09. The molecule has 0 amide bonds. The zero-order valence-electron chi connectivity index (χ0n) is 9.13. The molecule has 1 aromatic rings. The lowest BCUT2D eigenvalue weighted by Crippen LogP contribution is -2.15. The van der Waals surface area contributed by atoms with Gasteiger partial charge in [-0.15, -0.1) is 0 Å². The average molecular weight is 306 g/mol. The van der Waals surface area contributed by atoms with Gasteiger partial charge in [0.15, 0.2) is 11.5 Å². The topological polar surface area (TPSA) is 18.5 Å². The highest BCUT2D eigenvalue weighted by Crippen LogP contribution is 2.41. The second-order valence-electron chi connectivity index (χ2n) is 3.77. The van der Waals surface area contributed by atoms with Crippen molar-refractivity contribution in [1.29, 1.82) is 0 Å². The van der Waals surface area contributed by atoms with Gasteiger partial charge in [0, 0.05) is 15.9 Å². The Labute approximate surface area is 109 Å². The summed E-state index contributed by atoms with van der Waals surface area (Å²) in [6.45, 7) is 3.35. The molecule has 1 unspecified atom stereocenters. The zero-order chi connectivity index (χ0) is 11.5. The molecule has 4 heteroatoms. The highest BCUT2D eigenvalue weighted by atomic mass is 79.9. The van der Waals surface area contributed by atoms with Gasteiger partial charge in [0.2, 0.25) is 0 Å². The van der Waals surface area contributed by atoms with Crippen molar-refractivity contribution in [2.24, 2.45) is 0 Å². The van der Waals surface area contributed by atoms with E-state index in [1.54, 1.807) is 0 Å². The Balaban J connectivity index is 2.31. The Kier molecular flexibility index (Phi) is 3.98. The van der Waals surface area contributed by atoms with Crippen molar-refractivity contribution >= 4 is 27.5 Å². The van der Waals surface area contributed by atoms with Crippen LogP contribution in [0.2, 0.25) is 5.02 Å². The molecule has 1 heterocycles. The van der Waals surface area contributed by atoms with E-state index in [4.69, 9.17) is 21.1 Å². The van der Waals surface area contributed by atoms with Crippen molar-refractivity contribution in [2.75, 3.05) is 13.2 Å². The summed E-state index contributed by atoms with van der Waals surface area (Å²) in [6.07, 6.45) is 2.17. The third kappa shape index (κ3) is 2.46. The lowest BCUT2D eigenvalue weighted by Gasteiger charge is -2.21. The molecule has 0 bridgehead atoms. The summed E-state index contributed by atoms with van der Waals surface area (Å²) < 4.78 is 11.0. The van der Waals surface area contributed by atoms with Crippen LogP contribution < -0.4 is 9.47 Å². The van der Waals surface area contributed by atoms with Gasteiger partial charge < -0.3 is 9.47 Å². The maximum Gasteiger partial charge on any atom is 0.162 e. The van der Waals surface area contributed by atoms with Crippen molar-refractivity contribution in [3.63, 3.8) is 0 Å². The second-order valence-corrected chi connectivity index (χ2v) is 5.29. The van der Waals surface area contributed by atoms with Crippen LogP contribution in [0.3, 0.4) is 0 Å². The van der Waals surface area contributed by atoms with E-state index in [0.29, 0.717) is 13.2 Å². The molecule has 1 aliphatic heterocycles. The summed E-state index contributed by atoms with van der Waals surface area (Å²) in [5.41, 5.74) is 1.08. The smallest absolute Gasteiger partial charge is 0.162 e. The molecule has 0 aromatic heterocycles. The molecule has 0 saturated carbocycles. The van der Waals surface area contributed by atoms with Gasteiger partial charge in [-0.1, -0.05) is 40.9 Å². The maximum absolute atomic E-state index is 6.23. The molecule has 0 N–H and O–H groups in total. The van der Waals surface area contributed by atoms with Gasteiger partial charge in [-0.3, -0.25) is 0 Å². The van der Waals surface area contributed by atoms with Crippen molar-refractivity contribution < 1.29 is 9.47 Å². The van der Waals surface area contributed by atoms with Gasteiger partial charge in [-0.2, -0.15) is 0 Å². The zero-order valence-corrected chi connectivity index (χ0v) is 11.5. The Morgan fingerprint density at radius 2 is 1.94 bits per heavy atom. The van der Waals surface area contributed by atoms with Crippen molar-refractivity contribution in [1.82, 2.24) is 0 Å². The maximum atomic E-state index is 6.23. The summed E-state index contributed by atoms with van der Waals surface area (Å²) in [7, 11) is 0. The number of hydrogen-bond acceptors (Lipinski definition) is 2. The molecule has 0 spiro atoms. The summed E-state index contributed by atoms with van der Waals surface area (Å²) >= 11 is 9.87. The van der Waals surface area contributed by atoms with Crippen LogP contribution in [0, 0.1) is 0 Å². The third-order valence-electron chi connectivity index (χ3n) is 2.54. The van der Waals surface area contributed by atoms with E-state index in [-0.39, 0.29) is 4.83 Å². The molecular weight excluding hydrogens is 291 g/mol. The van der Waals surface area contributed by atoms with Crippen LogP contribution in [0.5, 0.6) is 11.5 Å². The van der Waals surface area contributed by atoms with Gasteiger partial charge in [-0.25, -0.2) is 0 Å². The third-order valence-corrected chi connectivity index (χ3v) is 3.82. The average Bonchev–Trinajstić information content (AvgIpc) is 2.28. The molecule has 2 rings (SSSR count). The predicted octanol–water partition coefficient (Wildman–Crippen LogP) is 4.35. The fourth-order valence-electron chi connectivity index (χ4n) is 1.73. The molecule has 1 aliphatic rings. The van der Waals surface area contributed by atoms with E-state index in [2.05, 4.69) is 22.9 Å². The number of alkyl halides is 1. The molecule has 1 aromatic carbocycles. The van der Waals surface area contributed by atoms with E-state index in [1.165, 1.54) is 0 Å². The first-order chi connectivity index (χ1) is 7.72. The van der Waals surface area contributed by atoms with Crippen LogP contribution in [-0.2, 0) is 0 Å². The van der Waals surface area contributed by atoms with Gasteiger partial charge in [0.25, 0.3) is 0 Å². The van der Waals surface area contributed by atoms with Gasteiger partial charge in [-0.05, 0) is 18.1 Å². The summed E-state index contributed by atoms with van der Waals surface area (Å²) in [6, 6.07) is 3.82. The van der Waals surface area contributed by atoms with Crippen LogP contribution in [0.1, 0.15) is 30.2 Å². The molecule has 0 aliphatic carbocycles. The number of benzene rings is 1. The number of halogens is 2. The lowest BCUT2D eigenvalue weighted by molar-refractivity contribution is 0.171. The van der Waals surface area contributed by atoms with E-state index >= 15 is 0 Å². The minimum atomic E-state index is 0.279. The summed E-state index contributed by atoms with van der Waals surface area (Å²) in [5, 5.41) is 0.736. The van der Waals surface area contributed by atoms with E-state index in [9.17, 15) is 0 Å². The molecule has 0 saturated heterocycles. The number of ether oxygens (including phenoxy) is 2. The SMILES string of the molecule is CCCC(Br)c1cc2c(cc1Cl)OCCO2. The molecule has 88 valence electrons. The van der Waals surface area contributed by atoms with Crippen LogP contribution in [-0.4, -0.2) is 13.2 Å². The van der Waals surface area contributed by atoms with E-state index in [1.807, 2.05) is 12.1 Å². The second kappa shape index (κ2) is 5.28. The standard InChI is InChI=1S/C12H14BrClO2/c1-2-3-9(13)8-6-11-12(7-10(8)14)16-5-4-15-11/h6-7,9H,2-5H2,1H3. The minimum Gasteiger partial charge on any atom is -0.486 e. The number of rotatable bonds is 3. The largest absolute Gasteiger partial charge is 0.486 e. The number of fused-ring (bicyclic) bond motifs is 1. The van der Waals surface area contributed by atoms with Crippen molar-refractivity contribution in [3.8, 4) is 11.5 Å². The molecule has 0 fully saturated rings. The first kappa shape index (κ1) is 12.1. The van der Waals surface area contributed by atoms with Crippen LogP contribution >= 0.6 is 27.5 Å². The Morgan fingerprint density at radius 1 is 1.31 bits per heavy atom. The molecule has 2 nitrogen and oxygen atoms in total. The quantitative estimate of drug-likeness (QED) is 0.773. The first-order valence-corrected chi connectivity index (χ1v) is 6.75. The van der Waals surface area contributed by atoms with Gasteiger partial charge in [0.1, 0.15) is 13.2 Å².